The van der Waals surface area contributed by atoms with Crippen molar-refractivity contribution in [3.8, 4) is 0 Å². The van der Waals surface area contributed by atoms with E-state index in [-0.39, 0.29) is 35.2 Å². The topological polar surface area (TPSA) is 70.7 Å². The number of piperidine rings is 2. The van der Waals surface area contributed by atoms with Gasteiger partial charge >= 0.3 is 0 Å². The van der Waals surface area contributed by atoms with E-state index >= 15 is 0 Å². The Morgan fingerprint density at radius 3 is 2.40 bits per heavy atom. The number of amides is 2. The predicted octanol–water partition coefficient (Wildman–Crippen LogP) is 4.03. The molecule has 2 saturated heterocycles. The van der Waals surface area contributed by atoms with Gasteiger partial charge in [-0.15, -0.1) is 0 Å². The number of rotatable bonds is 5. The molecule has 0 aromatic heterocycles. The first-order valence-corrected chi connectivity index (χ1v) is 13.7. The number of benzene rings is 1. The van der Waals surface area contributed by atoms with Crippen LogP contribution in [-0.2, 0) is 14.0 Å². The Hall–Kier alpha value is -1.93. The monoisotopic (exact) mass is 435 g/mol. The normalized spacial score (nSPS) is 21.5. The highest BCUT2D eigenvalue weighted by Gasteiger charge is 2.39. The third-order valence-corrected chi connectivity index (χ3v) is 11.1. The number of anilines is 2. The van der Waals surface area contributed by atoms with Crippen LogP contribution in [0.5, 0.6) is 0 Å². The maximum absolute atomic E-state index is 14.8. The highest BCUT2D eigenvalue weighted by molar-refractivity contribution is 6.74. The number of halogens is 1. The molecule has 2 N–H and O–H groups in total. The first kappa shape index (κ1) is 22.7. The molecule has 0 spiro atoms. The predicted molar refractivity (Wildman–Crippen MR) is 120 cm³/mol. The van der Waals surface area contributed by atoms with Gasteiger partial charge in [0.2, 0.25) is 11.8 Å². The van der Waals surface area contributed by atoms with Crippen molar-refractivity contribution >= 4 is 31.5 Å². The molecule has 166 valence electrons. The van der Waals surface area contributed by atoms with Crippen LogP contribution in [0.15, 0.2) is 18.2 Å². The average molecular weight is 436 g/mol. The van der Waals surface area contributed by atoms with Gasteiger partial charge in [-0.1, -0.05) is 20.8 Å². The lowest BCUT2D eigenvalue weighted by atomic mass is 10.1. The summed E-state index contributed by atoms with van der Waals surface area (Å²) in [6.45, 7) is 12.8. The Labute approximate surface area is 179 Å². The molecule has 2 aliphatic heterocycles. The summed E-state index contributed by atoms with van der Waals surface area (Å²) in [5, 5.41) is 5.52. The van der Waals surface area contributed by atoms with Gasteiger partial charge in [-0.2, -0.15) is 0 Å². The minimum atomic E-state index is -1.80. The van der Waals surface area contributed by atoms with E-state index < -0.39 is 14.4 Å². The highest BCUT2D eigenvalue weighted by Crippen LogP contribution is 2.38. The van der Waals surface area contributed by atoms with Gasteiger partial charge in [-0.05, 0) is 55.6 Å². The molecule has 2 amide bonds. The van der Waals surface area contributed by atoms with Gasteiger partial charge in [0.05, 0.1) is 5.69 Å². The molecule has 2 heterocycles. The number of nitrogens with zero attached hydrogens (tertiary/aromatic N) is 1. The summed E-state index contributed by atoms with van der Waals surface area (Å²) < 4.78 is 21.3. The highest BCUT2D eigenvalue weighted by atomic mass is 28.4. The van der Waals surface area contributed by atoms with Gasteiger partial charge < -0.3 is 14.6 Å². The van der Waals surface area contributed by atoms with Crippen molar-refractivity contribution < 1.29 is 18.4 Å². The molecular weight excluding hydrogens is 401 g/mol. The Morgan fingerprint density at radius 1 is 1.17 bits per heavy atom. The lowest BCUT2D eigenvalue weighted by Crippen LogP contribution is -2.47. The maximum Gasteiger partial charge on any atom is 0.249 e. The third-order valence-electron chi connectivity index (χ3n) is 6.58. The molecule has 1 unspecified atom stereocenters. The fourth-order valence-electron chi connectivity index (χ4n) is 3.69. The minimum absolute atomic E-state index is 0.182. The van der Waals surface area contributed by atoms with Crippen molar-refractivity contribution in [3.63, 3.8) is 0 Å². The first-order valence-electron chi connectivity index (χ1n) is 10.8. The summed E-state index contributed by atoms with van der Waals surface area (Å²) in [6.07, 6.45) is 2.72. The molecular formula is C22H34FN3O3Si. The zero-order chi connectivity index (χ0) is 22.1. The quantitative estimate of drug-likeness (QED) is 0.540. The van der Waals surface area contributed by atoms with Crippen LogP contribution in [0, 0.1) is 5.82 Å². The molecule has 1 aromatic rings. The van der Waals surface area contributed by atoms with Crippen molar-refractivity contribution in [2.24, 2.45) is 0 Å². The second kappa shape index (κ2) is 8.67. The van der Waals surface area contributed by atoms with Crippen LogP contribution in [-0.4, -0.2) is 45.4 Å². The summed E-state index contributed by atoms with van der Waals surface area (Å²) in [6, 6.07) is 4.46. The molecule has 2 aliphatic rings. The minimum Gasteiger partial charge on any atom is -0.414 e. The molecule has 2 fully saturated rings. The number of carbonyl (C=O) groups is 2. The summed E-state index contributed by atoms with van der Waals surface area (Å²) in [7, 11) is -1.80. The average Bonchev–Trinajstić information content (AvgIpc) is 2.64. The van der Waals surface area contributed by atoms with Gasteiger partial charge in [-0.3, -0.25) is 14.9 Å². The zero-order valence-corrected chi connectivity index (χ0v) is 19.7. The number of hydrogen-bond donors (Lipinski definition) is 2. The Morgan fingerprint density at radius 2 is 1.83 bits per heavy atom. The second-order valence-electron chi connectivity index (χ2n) is 9.88. The Kier molecular flexibility index (Phi) is 6.57. The van der Waals surface area contributed by atoms with Crippen LogP contribution >= 0.6 is 0 Å². The smallest absolute Gasteiger partial charge is 0.249 e. The fourth-order valence-corrected chi connectivity index (χ4v) is 5.12. The van der Waals surface area contributed by atoms with Gasteiger partial charge in [0.1, 0.15) is 11.9 Å². The van der Waals surface area contributed by atoms with Crippen LogP contribution in [0.4, 0.5) is 15.8 Å². The van der Waals surface area contributed by atoms with Gasteiger partial charge in [0.15, 0.2) is 8.32 Å². The molecule has 1 aromatic carbocycles. The van der Waals surface area contributed by atoms with Gasteiger partial charge in [0.25, 0.3) is 0 Å². The van der Waals surface area contributed by atoms with Crippen molar-refractivity contribution in [1.82, 2.24) is 5.32 Å². The zero-order valence-electron chi connectivity index (χ0n) is 18.7. The maximum atomic E-state index is 14.8. The van der Waals surface area contributed by atoms with E-state index in [9.17, 15) is 14.0 Å². The number of carbonyl (C=O) groups excluding carboxylic acids is 2. The Balaban J connectivity index is 1.57. The molecule has 0 bridgehead atoms. The van der Waals surface area contributed by atoms with Gasteiger partial charge in [-0.25, -0.2) is 4.39 Å². The van der Waals surface area contributed by atoms with Crippen LogP contribution in [0.1, 0.15) is 46.5 Å². The Bertz CT molecular complexity index is 801. The van der Waals surface area contributed by atoms with E-state index in [0.29, 0.717) is 17.8 Å². The summed E-state index contributed by atoms with van der Waals surface area (Å²) >= 11 is 0. The van der Waals surface area contributed by atoms with Crippen molar-refractivity contribution in [3.05, 3.63) is 24.0 Å². The van der Waals surface area contributed by atoms with E-state index in [4.69, 9.17) is 4.43 Å². The summed E-state index contributed by atoms with van der Waals surface area (Å²) in [4.78, 5) is 25.2. The van der Waals surface area contributed by atoms with E-state index in [1.807, 2.05) is 0 Å². The first-order chi connectivity index (χ1) is 14.0. The molecule has 1 atom stereocenters. The van der Waals surface area contributed by atoms with Crippen LogP contribution < -0.4 is 15.5 Å². The standard InChI is InChI=1S/C22H34FN3O3Si/c1-22(2,3)30(4,5)29-16-10-12-26(13-11-16)19-8-6-15(14-17(19)23)24-18-7-9-20(27)25-21(18)28/h6,8,14,16,18,24H,7,9-13H2,1-5H3,(H,25,27,28). The lowest BCUT2D eigenvalue weighted by Gasteiger charge is -2.42. The lowest BCUT2D eigenvalue weighted by molar-refractivity contribution is -0.133. The molecule has 6 nitrogen and oxygen atoms in total. The number of imide groups is 1. The molecule has 3 rings (SSSR count). The van der Waals surface area contributed by atoms with E-state index in [1.165, 1.54) is 6.07 Å². The molecule has 0 saturated carbocycles. The van der Waals surface area contributed by atoms with Crippen LogP contribution in [0.3, 0.4) is 0 Å². The molecule has 8 heteroatoms. The number of hydrogen-bond acceptors (Lipinski definition) is 5. The summed E-state index contributed by atoms with van der Waals surface area (Å²) in [5.41, 5.74) is 1.12. The molecule has 30 heavy (non-hydrogen) atoms. The number of nitrogens with one attached hydrogen (secondary N) is 2. The fraction of sp³-hybridized carbons (Fsp3) is 0.636. The third kappa shape index (κ3) is 5.21. The van der Waals surface area contributed by atoms with Crippen molar-refractivity contribution in [2.75, 3.05) is 23.3 Å². The van der Waals surface area contributed by atoms with Crippen molar-refractivity contribution in [2.45, 2.75) is 76.7 Å². The largest absolute Gasteiger partial charge is 0.414 e. The SMILES string of the molecule is CC(C)(C)[Si](C)(C)OC1CCN(c2ccc(NC3CCC(=O)NC3=O)cc2F)CC1. The van der Waals surface area contributed by atoms with E-state index in [1.54, 1.807) is 12.1 Å². The van der Waals surface area contributed by atoms with E-state index in [2.05, 4.69) is 49.4 Å². The van der Waals surface area contributed by atoms with Crippen LogP contribution in [0.2, 0.25) is 18.1 Å². The van der Waals surface area contributed by atoms with Crippen LogP contribution in [0.25, 0.3) is 0 Å². The van der Waals surface area contributed by atoms with E-state index in [0.717, 1.165) is 25.9 Å². The molecule has 0 aliphatic carbocycles. The van der Waals surface area contributed by atoms with Crippen molar-refractivity contribution in [1.29, 1.82) is 0 Å². The van der Waals surface area contributed by atoms with Gasteiger partial charge in [0, 0.05) is 31.3 Å². The summed E-state index contributed by atoms with van der Waals surface area (Å²) in [5.74, 6) is -0.934. The molecule has 0 radical (unpaired) electrons. The second-order valence-corrected chi connectivity index (χ2v) is 14.6.